The number of aromatic amines is 1. The number of rotatable bonds is 4. The van der Waals surface area contributed by atoms with E-state index in [0.717, 1.165) is 46.3 Å². The SMILES string of the molecule is C[C@H](Cc1ccc2c(c1)OCO2)c1nc2c([nH]1)c(-c1ccccn1)nn2C. The van der Waals surface area contributed by atoms with E-state index in [1.165, 1.54) is 5.56 Å². The number of hydrogen-bond donors (Lipinski definition) is 1. The highest BCUT2D eigenvalue weighted by atomic mass is 16.7. The zero-order chi connectivity index (χ0) is 18.4. The van der Waals surface area contributed by atoms with Gasteiger partial charge in [0.2, 0.25) is 6.79 Å². The van der Waals surface area contributed by atoms with Gasteiger partial charge in [-0.15, -0.1) is 0 Å². The van der Waals surface area contributed by atoms with E-state index in [2.05, 4.69) is 28.1 Å². The molecule has 1 atom stereocenters. The minimum Gasteiger partial charge on any atom is -0.454 e. The summed E-state index contributed by atoms with van der Waals surface area (Å²) in [4.78, 5) is 12.7. The number of H-pyrrole nitrogens is 1. The fourth-order valence-electron chi connectivity index (χ4n) is 3.46. The van der Waals surface area contributed by atoms with Crippen LogP contribution in [0.5, 0.6) is 11.5 Å². The summed E-state index contributed by atoms with van der Waals surface area (Å²) in [6.07, 6.45) is 2.62. The van der Waals surface area contributed by atoms with Gasteiger partial charge in [-0.3, -0.25) is 4.98 Å². The topological polar surface area (TPSA) is 77.8 Å². The largest absolute Gasteiger partial charge is 0.454 e. The zero-order valence-corrected chi connectivity index (χ0v) is 15.1. The molecular formula is C20H19N5O2. The molecule has 1 aliphatic rings. The quantitative estimate of drug-likeness (QED) is 0.602. The number of nitrogens with one attached hydrogen (secondary N) is 1. The molecule has 4 heterocycles. The zero-order valence-electron chi connectivity index (χ0n) is 15.1. The molecule has 0 radical (unpaired) electrons. The van der Waals surface area contributed by atoms with Crippen molar-refractivity contribution in [1.82, 2.24) is 24.7 Å². The summed E-state index contributed by atoms with van der Waals surface area (Å²) in [6, 6.07) is 11.9. The highest BCUT2D eigenvalue weighted by Crippen LogP contribution is 2.34. The predicted octanol–water partition coefficient (Wildman–Crippen LogP) is 3.43. The Hall–Kier alpha value is -3.35. The van der Waals surface area contributed by atoms with Crippen molar-refractivity contribution in [3.63, 3.8) is 0 Å². The maximum atomic E-state index is 5.48. The third kappa shape index (κ3) is 2.71. The number of ether oxygens (including phenoxy) is 2. The van der Waals surface area contributed by atoms with Crippen molar-refractivity contribution >= 4 is 11.2 Å². The lowest BCUT2D eigenvalue weighted by Gasteiger charge is -2.09. The normalized spacial score (nSPS) is 14.0. The average Bonchev–Trinajstić information content (AvgIpc) is 3.38. The van der Waals surface area contributed by atoms with Gasteiger partial charge in [-0.2, -0.15) is 5.10 Å². The van der Waals surface area contributed by atoms with Crippen LogP contribution in [0.1, 0.15) is 24.2 Å². The molecule has 0 spiro atoms. The number of imidazole rings is 1. The van der Waals surface area contributed by atoms with E-state index in [1.54, 1.807) is 10.9 Å². The Kier molecular flexibility index (Phi) is 3.60. The molecular weight excluding hydrogens is 342 g/mol. The van der Waals surface area contributed by atoms with Crippen molar-refractivity contribution < 1.29 is 9.47 Å². The van der Waals surface area contributed by atoms with Gasteiger partial charge in [-0.25, -0.2) is 9.67 Å². The van der Waals surface area contributed by atoms with E-state index in [4.69, 9.17) is 14.5 Å². The molecule has 1 aliphatic heterocycles. The summed E-state index contributed by atoms with van der Waals surface area (Å²) in [6.45, 7) is 2.46. The molecule has 7 heteroatoms. The maximum Gasteiger partial charge on any atom is 0.231 e. The van der Waals surface area contributed by atoms with Gasteiger partial charge in [0.25, 0.3) is 0 Å². The van der Waals surface area contributed by atoms with Crippen LogP contribution in [0.25, 0.3) is 22.6 Å². The lowest BCUT2D eigenvalue weighted by atomic mass is 10.0. The Balaban J connectivity index is 1.46. The molecule has 3 aromatic heterocycles. The van der Waals surface area contributed by atoms with Crippen LogP contribution in [0.2, 0.25) is 0 Å². The van der Waals surface area contributed by atoms with E-state index >= 15 is 0 Å². The molecule has 136 valence electrons. The standard InChI is InChI=1S/C20H19N5O2/c1-12(9-13-6-7-15-16(10-13)27-11-26-15)19-22-18-17(14-5-3-4-8-21-14)24-25(2)20(18)23-19/h3-8,10,12H,9,11H2,1-2H3,(H,22,23)/t12-/m1/s1. The number of aromatic nitrogens is 5. The average molecular weight is 361 g/mol. The van der Waals surface area contributed by atoms with Crippen LogP contribution in [0.15, 0.2) is 42.6 Å². The van der Waals surface area contributed by atoms with Crippen molar-refractivity contribution in [2.24, 2.45) is 7.05 Å². The molecule has 5 rings (SSSR count). The fourth-order valence-corrected chi connectivity index (χ4v) is 3.46. The van der Waals surface area contributed by atoms with Crippen LogP contribution >= 0.6 is 0 Å². The van der Waals surface area contributed by atoms with Crippen LogP contribution in [0.4, 0.5) is 0 Å². The summed E-state index contributed by atoms with van der Waals surface area (Å²) in [5.41, 5.74) is 4.60. The highest BCUT2D eigenvalue weighted by Gasteiger charge is 2.20. The molecule has 1 aromatic carbocycles. The first kappa shape index (κ1) is 15.9. The Labute approximate surface area is 156 Å². The number of benzene rings is 1. The van der Waals surface area contributed by atoms with Gasteiger partial charge < -0.3 is 14.5 Å². The van der Waals surface area contributed by atoms with Gasteiger partial charge in [0.05, 0.1) is 5.69 Å². The molecule has 4 aromatic rings. The second kappa shape index (κ2) is 6.12. The number of aryl methyl sites for hydroxylation is 1. The third-order valence-electron chi connectivity index (χ3n) is 4.85. The first-order valence-corrected chi connectivity index (χ1v) is 8.91. The Morgan fingerprint density at radius 3 is 2.93 bits per heavy atom. The minimum atomic E-state index is 0.217. The Morgan fingerprint density at radius 1 is 1.19 bits per heavy atom. The lowest BCUT2D eigenvalue weighted by molar-refractivity contribution is 0.174. The van der Waals surface area contributed by atoms with Crippen LogP contribution in [-0.4, -0.2) is 31.5 Å². The number of hydrogen-bond acceptors (Lipinski definition) is 5. The second-order valence-corrected chi connectivity index (χ2v) is 6.80. The van der Waals surface area contributed by atoms with Crippen molar-refractivity contribution in [1.29, 1.82) is 0 Å². The Morgan fingerprint density at radius 2 is 2.07 bits per heavy atom. The first-order valence-electron chi connectivity index (χ1n) is 8.91. The summed E-state index contributed by atoms with van der Waals surface area (Å²) in [5.74, 6) is 2.77. The molecule has 0 saturated heterocycles. The lowest BCUT2D eigenvalue weighted by Crippen LogP contribution is -2.02. The van der Waals surface area contributed by atoms with Crippen molar-refractivity contribution in [3.8, 4) is 22.9 Å². The van der Waals surface area contributed by atoms with Crippen molar-refractivity contribution in [2.45, 2.75) is 19.3 Å². The maximum absolute atomic E-state index is 5.48. The molecule has 0 fully saturated rings. The third-order valence-corrected chi connectivity index (χ3v) is 4.85. The molecule has 7 nitrogen and oxygen atoms in total. The highest BCUT2D eigenvalue weighted by molar-refractivity contribution is 5.87. The van der Waals surface area contributed by atoms with E-state index < -0.39 is 0 Å². The molecule has 0 aliphatic carbocycles. The fraction of sp³-hybridized carbons (Fsp3) is 0.250. The number of nitrogens with zero attached hydrogens (tertiary/aromatic N) is 4. The Bertz CT molecular complexity index is 1120. The molecule has 0 saturated carbocycles. The van der Waals surface area contributed by atoms with Gasteiger partial charge in [0.15, 0.2) is 17.1 Å². The van der Waals surface area contributed by atoms with Crippen LogP contribution in [-0.2, 0) is 13.5 Å². The molecule has 0 bridgehead atoms. The van der Waals surface area contributed by atoms with Gasteiger partial charge in [0.1, 0.15) is 17.0 Å². The van der Waals surface area contributed by atoms with Gasteiger partial charge in [-0.05, 0) is 36.2 Å². The van der Waals surface area contributed by atoms with Crippen molar-refractivity contribution in [2.75, 3.05) is 6.79 Å². The monoisotopic (exact) mass is 361 g/mol. The first-order chi connectivity index (χ1) is 13.2. The predicted molar refractivity (Wildman–Crippen MR) is 101 cm³/mol. The van der Waals surface area contributed by atoms with E-state index in [0.29, 0.717) is 6.79 Å². The van der Waals surface area contributed by atoms with Crippen LogP contribution in [0.3, 0.4) is 0 Å². The number of pyridine rings is 1. The van der Waals surface area contributed by atoms with E-state index in [-0.39, 0.29) is 5.92 Å². The second-order valence-electron chi connectivity index (χ2n) is 6.80. The summed E-state index contributed by atoms with van der Waals surface area (Å²) in [7, 11) is 1.90. The summed E-state index contributed by atoms with van der Waals surface area (Å²) < 4.78 is 12.7. The molecule has 27 heavy (non-hydrogen) atoms. The molecule has 0 unspecified atom stereocenters. The van der Waals surface area contributed by atoms with Crippen molar-refractivity contribution in [3.05, 3.63) is 54.0 Å². The van der Waals surface area contributed by atoms with Crippen LogP contribution in [0, 0.1) is 0 Å². The van der Waals surface area contributed by atoms with Gasteiger partial charge in [0, 0.05) is 19.2 Å². The van der Waals surface area contributed by atoms with E-state index in [1.807, 2.05) is 37.4 Å². The number of fused-ring (bicyclic) bond motifs is 2. The smallest absolute Gasteiger partial charge is 0.231 e. The summed E-state index contributed by atoms with van der Waals surface area (Å²) in [5, 5.41) is 4.57. The minimum absolute atomic E-state index is 0.217. The van der Waals surface area contributed by atoms with Crippen LogP contribution < -0.4 is 9.47 Å². The van der Waals surface area contributed by atoms with Gasteiger partial charge in [-0.1, -0.05) is 19.1 Å². The summed E-state index contributed by atoms with van der Waals surface area (Å²) >= 11 is 0. The molecule has 1 N–H and O–H groups in total. The molecule has 0 amide bonds. The van der Waals surface area contributed by atoms with E-state index in [9.17, 15) is 0 Å². The van der Waals surface area contributed by atoms with Gasteiger partial charge >= 0.3 is 0 Å².